The van der Waals surface area contributed by atoms with E-state index in [1.165, 1.54) is 24.8 Å². The fraction of sp³-hybridized carbons (Fsp3) is 0.636. The van der Waals surface area contributed by atoms with E-state index in [0.717, 1.165) is 44.2 Å². The number of hydrogen-bond donors (Lipinski definition) is 2. The maximum atomic E-state index is 11.9. The van der Waals surface area contributed by atoms with E-state index < -0.39 is 0 Å². The number of anilines is 1. The highest BCUT2D eigenvalue weighted by molar-refractivity contribution is 14.0. The Morgan fingerprint density at radius 2 is 2.07 bits per heavy atom. The lowest BCUT2D eigenvalue weighted by Gasteiger charge is -2.63. The molecule has 6 nitrogen and oxygen atoms in total. The number of nitrogens with zero attached hydrogens (tertiary/aromatic N) is 2. The second kappa shape index (κ2) is 8.41. The first kappa shape index (κ1) is 20.9. The minimum absolute atomic E-state index is 0. The van der Waals surface area contributed by atoms with Crippen molar-refractivity contribution in [3.8, 4) is 0 Å². The van der Waals surface area contributed by atoms with Crippen LogP contribution in [-0.4, -0.2) is 44.2 Å². The maximum absolute atomic E-state index is 11.9. The topological polar surface area (TPSA) is 66.0 Å². The van der Waals surface area contributed by atoms with Gasteiger partial charge >= 0.3 is 0 Å². The van der Waals surface area contributed by atoms with E-state index in [0.29, 0.717) is 29.9 Å². The number of rotatable bonds is 4. The van der Waals surface area contributed by atoms with Crippen LogP contribution >= 0.6 is 24.0 Å². The number of benzene rings is 1. The molecular weight excluding hydrogens is 479 g/mol. The number of aliphatic imine (C=N–C) groups is 1. The van der Waals surface area contributed by atoms with Gasteiger partial charge in [0.15, 0.2) is 5.96 Å². The SMILES string of the molecule is CN=C(NCc1ccc(N2CCCC2=O)cc1)NC1C2CCOC2C12CCC2.I. The van der Waals surface area contributed by atoms with Crippen molar-refractivity contribution in [3.63, 3.8) is 0 Å². The summed E-state index contributed by atoms with van der Waals surface area (Å²) < 4.78 is 6.02. The Bertz CT molecular complexity index is 778. The number of ether oxygens (including phenoxy) is 1. The van der Waals surface area contributed by atoms with E-state index in [2.05, 4.69) is 27.8 Å². The van der Waals surface area contributed by atoms with Gasteiger partial charge in [0, 0.05) is 56.2 Å². The molecule has 0 bridgehead atoms. The molecule has 3 unspecified atom stereocenters. The number of halogens is 1. The van der Waals surface area contributed by atoms with Crippen molar-refractivity contribution in [1.29, 1.82) is 0 Å². The third-order valence-electron chi connectivity index (χ3n) is 7.33. The lowest BCUT2D eigenvalue weighted by Crippen LogP contribution is -2.72. The van der Waals surface area contributed by atoms with Crippen LogP contribution in [0.15, 0.2) is 29.3 Å². The standard InChI is InChI=1S/C22H30N4O2.HI/c1-23-21(25-19-17-9-13-28-20(17)22(19)10-3-11-22)24-14-15-5-7-16(8-6-15)26-12-2-4-18(26)27;/h5-8,17,19-20H,2-4,9-14H2,1H3,(H2,23,24,25);1H. The van der Waals surface area contributed by atoms with Crippen LogP contribution in [0.1, 0.15) is 44.1 Å². The average molecular weight is 510 g/mol. The highest BCUT2D eigenvalue weighted by Gasteiger charge is 2.66. The smallest absolute Gasteiger partial charge is 0.227 e. The van der Waals surface area contributed by atoms with Gasteiger partial charge in [-0.15, -0.1) is 24.0 Å². The summed E-state index contributed by atoms with van der Waals surface area (Å²) in [5, 5.41) is 7.17. The Morgan fingerprint density at radius 3 is 2.69 bits per heavy atom. The van der Waals surface area contributed by atoms with Crippen LogP contribution in [0.4, 0.5) is 5.69 Å². The zero-order valence-electron chi connectivity index (χ0n) is 17.0. The fourth-order valence-corrected chi connectivity index (χ4v) is 5.70. The van der Waals surface area contributed by atoms with Gasteiger partial charge in [0.2, 0.25) is 5.91 Å². The van der Waals surface area contributed by atoms with E-state index in [4.69, 9.17) is 4.74 Å². The largest absolute Gasteiger partial charge is 0.377 e. The van der Waals surface area contributed by atoms with Crippen LogP contribution in [0, 0.1) is 11.3 Å². The maximum Gasteiger partial charge on any atom is 0.227 e. The summed E-state index contributed by atoms with van der Waals surface area (Å²) in [6.07, 6.45) is 7.14. The third kappa shape index (κ3) is 3.54. The molecule has 4 aliphatic rings. The summed E-state index contributed by atoms with van der Waals surface area (Å²) in [6.45, 7) is 2.47. The number of hydrogen-bond acceptors (Lipinski definition) is 3. The van der Waals surface area contributed by atoms with Crippen LogP contribution < -0.4 is 15.5 Å². The summed E-state index contributed by atoms with van der Waals surface area (Å²) in [4.78, 5) is 18.2. The van der Waals surface area contributed by atoms with E-state index in [1.54, 1.807) is 0 Å². The van der Waals surface area contributed by atoms with Gasteiger partial charge in [0.25, 0.3) is 0 Å². The van der Waals surface area contributed by atoms with Gasteiger partial charge in [-0.1, -0.05) is 18.6 Å². The van der Waals surface area contributed by atoms with E-state index in [9.17, 15) is 4.79 Å². The molecule has 2 aliphatic heterocycles. The van der Waals surface area contributed by atoms with Gasteiger partial charge in [0.1, 0.15) is 0 Å². The molecule has 0 radical (unpaired) electrons. The van der Waals surface area contributed by atoms with Crippen molar-refractivity contribution in [2.45, 2.75) is 57.2 Å². The molecule has 2 N–H and O–H groups in total. The van der Waals surface area contributed by atoms with Crippen molar-refractivity contribution in [2.24, 2.45) is 16.3 Å². The Balaban J connectivity index is 0.00000205. The molecule has 7 heteroatoms. The van der Waals surface area contributed by atoms with Crippen LogP contribution in [0.5, 0.6) is 0 Å². The average Bonchev–Trinajstić information content (AvgIpc) is 3.28. The zero-order chi connectivity index (χ0) is 19.1. The molecule has 1 spiro atoms. The molecule has 2 aliphatic carbocycles. The number of fused-ring (bicyclic) bond motifs is 2. The Kier molecular flexibility index (Phi) is 6.06. The first-order valence-electron chi connectivity index (χ1n) is 10.7. The van der Waals surface area contributed by atoms with Gasteiger partial charge in [-0.25, -0.2) is 0 Å². The molecule has 2 saturated carbocycles. The second-order valence-electron chi connectivity index (χ2n) is 8.69. The second-order valence-corrected chi connectivity index (χ2v) is 8.69. The molecule has 5 rings (SSSR count). The molecule has 4 fully saturated rings. The first-order chi connectivity index (χ1) is 13.7. The van der Waals surface area contributed by atoms with Gasteiger partial charge in [0.05, 0.1) is 6.10 Å². The monoisotopic (exact) mass is 510 g/mol. The quantitative estimate of drug-likeness (QED) is 0.372. The summed E-state index contributed by atoms with van der Waals surface area (Å²) in [7, 11) is 1.84. The van der Waals surface area contributed by atoms with E-state index in [1.807, 2.05) is 24.1 Å². The predicted octanol–water partition coefficient (Wildman–Crippen LogP) is 3.05. The minimum atomic E-state index is 0. The highest BCUT2D eigenvalue weighted by Crippen LogP contribution is 2.62. The third-order valence-corrected chi connectivity index (χ3v) is 7.33. The van der Waals surface area contributed by atoms with Gasteiger partial charge < -0.3 is 20.3 Å². The molecule has 0 aromatic heterocycles. The fourth-order valence-electron chi connectivity index (χ4n) is 5.70. The van der Waals surface area contributed by atoms with Crippen LogP contribution in [-0.2, 0) is 16.1 Å². The molecule has 1 amide bonds. The summed E-state index contributed by atoms with van der Waals surface area (Å²) in [5.74, 6) is 1.74. The first-order valence-corrected chi connectivity index (χ1v) is 10.7. The summed E-state index contributed by atoms with van der Waals surface area (Å²) in [5.41, 5.74) is 2.54. The van der Waals surface area contributed by atoms with Crippen molar-refractivity contribution in [3.05, 3.63) is 29.8 Å². The molecule has 158 valence electrons. The molecule has 3 atom stereocenters. The lowest BCUT2D eigenvalue weighted by molar-refractivity contribution is -0.171. The molecule has 2 heterocycles. The normalized spacial score (nSPS) is 29.7. The summed E-state index contributed by atoms with van der Waals surface area (Å²) >= 11 is 0. The Labute approximate surface area is 189 Å². The number of carbonyl (C=O) groups is 1. The van der Waals surface area contributed by atoms with Crippen molar-refractivity contribution >= 4 is 41.5 Å². The predicted molar refractivity (Wildman–Crippen MR) is 125 cm³/mol. The van der Waals surface area contributed by atoms with Crippen molar-refractivity contribution in [2.75, 3.05) is 25.1 Å². The van der Waals surface area contributed by atoms with Gasteiger partial charge in [-0.2, -0.15) is 0 Å². The highest BCUT2D eigenvalue weighted by atomic mass is 127. The van der Waals surface area contributed by atoms with Gasteiger partial charge in [-0.3, -0.25) is 9.79 Å². The molecule has 2 saturated heterocycles. The number of carbonyl (C=O) groups excluding carboxylic acids is 1. The number of amides is 1. The summed E-state index contributed by atoms with van der Waals surface area (Å²) in [6, 6.07) is 8.78. The Hall–Kier alpha value is -1.35. The molecule has 1 aromatic carbocycles. The minimum Gasteiger partial charge on any atom is -0.377 e. The number of guanidine groups is 1. The van der Waals surface area contributed by atoms with Crippen LogP contribution in [0.25, 0.3) is 0 Å². The molecule has 1 aromatic rings. The van der Waals surface area contributed by atoms with Crippen molar-refractivity contribution < 1.29 is 9.53 Å². The van der Waals surface area contributed by atoms with E-state index in [-0.39, 0.29) is 29.9 Å². The van der Waals surface area contributed by atoms with E-state index >= 15 is 0 Å². The van der Waals surface area contributed by atoms with Gasteiger partial charge in [-0.05, 0) is 43.4 Å². The molecule has 29 heavy (non-hydrogen) atoms. The Morgan fingerprint density at radius 1 is 1.28 bits per heavy atom. The van der Waals surface area contributed by atoms with Crippen LogP contribution in [0.2, 0.25) is 0 Å². The molecular formula is C22H31IN4O2. The number of nitrogens with one attached hydrogen (secondary N) is 2. The van der Waals surface area contributed by atoms with Crippen LogP contribution in [0.3, 0.4) is 0 Å². The van der Waals surface area contributed by atoms with Crippen molar-refractivity contribution in [1.82, 2.24) is 10.6 Å². The zero-order valence-corrected chi connectivity index (χ0v) is 19.4. The lowest BCUT2D eigenvalue weighted by atomic mass is 9.46.